The maximum Gasteiger partial charge on any atom is 0.240 e. The van der Waals surface area contributed by atoms with E-state index in [-0.39, 0.29) is 11.5 Å². The van der Waals surface area contributed by atoms with Crippen LogP contribution in [0.25, 0.3) is 0 Å². The van der Waals surface area contributed by atoms with Gasteiger partial charge in [-0.3, -0.25) is 0 Å². The Morgan fingerprint density at radius 2 is 2.00 bits per heavy atom. The van der Waals surface area contributed by atoms with Crippen molar-refractivity contribution >= 4 is 10.0 Å². The predicted molar refractivity (Wildman–Crippen MR) is 84.7 cm³/mol. The first-order valence-electron chi connectivity index (χ1n) is 7.19. The highest BCUT2D eigenvalue weighted by Crippen LogP contribution is 2.18. The van der Waals surface area contributed by atoms with Gasteiger partial charge in [-0.05, 0) is 58.0 Å². The molecule has 0 radical (unpaired) electrons. The normalized spacial score (nSPS) is 12.3. The molecule has 1 rings (SSSR count). The Morgan fingerprint density at radius 1 is 1.33 bits per heavy atom. The monoisotopic (exact) mass is 314 g/mol. The lowest BCUT2D eigenvalue weighted by Gasteiger charge is -2.20. The van der Waals surface area contributed by atoms with Gasteiger partial charge in [-0.25, -0.2) is 13.1 Å². The largest absolute Gasteiger partial charge is 0.392 e. The summed E-state index contributed by atoms with van der Waals surface area (Å²) in [5, 5.41) is 9.22. The Kier molecular flexibility index (Phi) is 6.80. The number of hydrogen-bond donors (Lipinski definition) is 2. The molecule has 0 bridgehead atoms. The molecular weight excluding hydrogens is 288 g/mol. The summed E-state index contributed by atoms with van der Waals surface area (Å²) < 4.78 is 27.2. The van der Waals surface area contributed by atoms with Gasteiger partial charge in [0, 0.05) is 12.6 Å². The van der Waals surface area contributed by atoms with Crippen molar-refractivity contribution in [3.05, 3.63) is 29.3 Å². The van der Waals surface area contributed by atoms with E-state index < -0.39 is 10.0 Å². The molecule has 0 aromatic heterocycles. The highest BCUT2D eigenvalue weighted by atomic mass is 32.2. The predicted octanol–water partition coefficient (Wildman–Crippen LogP) is 1.50. The van der Waals surface area contributed by atoms with Gasteiger partial charge in [0.1, 0.15) is 0 Å². The quantitative estimate of drug-likeness (QED) is 0.713. The molecule has 0 aliphatic rings. The number of nitrogens with one attached hydrogen (secondary N) is 1. The molecule has 0 amide bonds. The lowest BCUT2D eigenvalue weighted by molar-refractivity contribution is 0.271. The van der Waals surface area contributed by atoms with E-state index in [1.54, 1.807) is 25.1 Å². The molecule has 0 saturated heterocycles. The summed E-state index contributed by atoms with van der Waals surface area (Å²) in [4.78, 5) is 2.41. The molecular formula is C15H26N2O3S. The number of nitrogens with zero attached hydrogens (tertiary/aromatic N) is 1. The molecule has 0 saturated carbocycles. The topological polar surface area (TPSA) is 69.6 Å². The molecule has 2 N–H and O–H groups in total. The Morgan fingerprint density at radius 3 is 2.57 bits per heavy atom. The first kappa shape index (κ1) is 18.1. The van der Waals surface area contributed by atoms with Crippen LogP contribution in [0.4, 0.5) is 0 Å². The fourth-order valence-corrected chi connectivity index (χ4v) is 3.35. The first-order valence-corrected chi connectivity index (χ1v) is 8.67. The molecule has 5 nitrogen and oxygen atoms in total. The number of hydrogen-bond acceptors (Lipinski definition) is 4. The lowest BCUT2D eigenvalue weighted by Crippen LogP contribution is -2.31. The van der Waals surface area contributed by atoms with Crippen molar-refractivity contribution < 1.29 is 13.5 Å². The maximum atomic E-state index is 12.3. The third-order valence-electron chi connectivity index (χ3n) is 3.72. The molecule has 0 aliphatic carbocycles. The molecule has 0 aliphatic heterocycles. The molecule has 21 heavy (non-hydrogen) atoms. The fourth-order valence-electron chi connectivity index (χ4n) is 1.99. The minimum Gasteiger partial charge on any atom is -0.392 e. The summed E-state index contributed by atoms with van der Waals surface area (Å²) in [5.74, 6) is 0. The van der Waals surface area contributed by atoms with Crippen molar-refractivity contribution in [2.75, 3.05) is 20.1 Å². The van der Waals surface area contributed by atoms with Crippen LogP contribution in [-0.4, -0.2) is 44.6 Å². The SMILES string of the molecule is Cc1c(CO)cccc1S(=O)(=O)NCCCN(C)C(C)C. The molecule has 120 valence electrons. The van der Waals surface area contributed by atoms with Crippen LogP contribution in [0.3, 0.4) is 0 Å². The molecule has 0 fully saturated rings. The van der Waals surface area contributed by atoms with Crippen molar-refractivity contribution in [1.29, 1.82) is 0 Å². The van der Waals surface area contributed by atoms with Crippen LogP contribution in [-0.2, 0) is 16.6 Å². The maximum absolute atomic E-state index is 12.3. The Labute approximate surface area is 128 Å². The van der Waals surface area contributed by atoms with E-state index >= 15 is 0 Å². The van der Waals surface area contributed by atoms with Crippen molar-refractivity contribution in [3.8, 4) is 0 Å². The zero-order chi connectivity index (χ0) is 16.0. The van der Waals surface area contributed by atoms with Gasteiger partial charge in [-0.15, -0.1) is 0 Å². The van der Waals surface area contributed by atoms with Crippen molar-refractivity contribution in [3.63, 3.8) is 0 Å². The van der Waals surface area contributed by atoms with Crippen LogP contribution < -0.4 is 4.72 Å². The smallest absolute Gasteiger partial charge is 0.240 e. The fraction of sp³-hybridized carbons (Fsp3) is 0.600. The summed E-state index contributed by atoms with van der Waals surface area (Å²) in [6.07, 6.45) is 0.757. The van der Waals surface area contributed by atoms with Crippen molar-refractivity contribution in [2.45, 2.75) is 44.7 Å². The van der Waals surface area contributed by atoms with Crippen LogP contribution in [0.15, 0.2) is 23.1 Å². The zero-order valence-electron chi connectivity index (χ0n) is 13.3. The second-order valence-corrected chi connectivity index (χ2v) is 7.26. The van der Waals surface area contributed by atoms with E-state index in [1.165, 1.54) is 0 Å². The molecule has 0 heterocycles. The molecule has 0 atom stereocenters. The van der Waals surface area contributed by atoms with Crippen LogP contribution in [0.2, 0.25) is 0 Å². The Bertz CT molecular complexity index is 556. The average molecular weight is 314 g/mol. The first-order chi connectivity index (χ1) is 9.79. The summed E-state index contributed by atoms with van der Waals surface area (Å²) in [6.45, 7) is 7.01. The van der Waals surface area contributed by atoms with Gasteiger partial charge in [0.05, 0.1) is 11.5 Å². The third-order valence-corrected chi connectivity index (χ3v) is 5.32. The Balaban J connectivity index is 2.66. The average Bonchev–Trinajstić information content (AvgIpc) is 2.43. The molecule has 0 spiro atoms. The summed E-state index contributed by atoms with van der Waals surface area (Å²) in [6, 6.07) is 5.40. The third kappa shape index (κ3) is 5.07. The highest BCUT2D eigenvalue weighted by Gasteiger charge is 2.17. The number of sulfonamides is 1. The highest BCUT2D eigenvalue weighted by molar-refractivity contribution is 7.89. The second kappa shape index (κ2) is 7.89. The van der Waals surface area contributed by atoms with E-state index in [4.69, 9.17) is 0 Å². The van der Waals surface area contributed by atoms with Gasteiger partial charge in [0.2, 0.25) is 10.0 Å². The van der Waals surface area contributed by atoms with Crippen LogP contribution in [0.1, 0.15) is 31.4 Å². The van der Waals surface area contributed by atoms with Gasteiger partial charge in [-0.1, -0.05) is 12.1 Å². The van der Waals surface area contributed by atoms with Crippen LogP contribution in [0, 0.1) is 6.92 Å². The molecule has 1 aromatic rings. The van der Waals surface area contributed by atoms with E-state index in [0.29, 0.717) is 23.7 Å². The zero-order valence-corrected chi connectivity index (χ0v) is 14.1. The number of benzene rings is 1. The minimum absolute atomic E-state index is 0.158. The van der Waals surface area contributed by atoms with Crippen molar-refractivity contribution in [2.24, 2.45) is 0 Å². The Hall–Kier alpha value is -0.950. The summed E-state index contributed by atoms with van der Waals surface area (Å²) in [5.41, 5.74) is 1.24. The number of aliphatic hydroxyl groups is 1. The van der Waals surface area contributed by atoms with Gasteiger partial charge < -0.3 is 10.0 Å². The molecule has 1 aromatic carbocycles. The van der Waals surface area contributed by atoms with E-state index in [2.05, 4.69) is 23.5 Å². The minimum atomic E-state index is -3.52. The van der Waals surface area contributed by atoms with Gasteiger partial charge >= 0.3 is 0 Å². The molecule has 6 heteroatoms. The molecule has 0 unspecified atom stereocenters. The van der Waals surface area contributed by atoms with E-state index in [1.807, 2.05) is 7.05 Å². The van der Waals surface area contributed by atoms with Gasteiger partial charge in [-0.2, -0.15) is 0 Å². The standard InChI is InChI=1S/C15H26N2O3S/c1-12(2)17(4)10-6-9-16-21(19,20)15-8-5-7-14(11-18)13(15)3/h5,7-8,12,16,18H,6,9-11H2,1-4H3. The lowest BCUT2D eigenvalue weighted by atomic mass is 10.1. The van der Waals surface area contributed by atoms with E-state index in [0.717, 1.165) is 13.0 Å². The number of rotatable bonds is 8. The van der Waals surface area contributed by atoms with Crippen LogP contribution >= 0.6 is 0 Å². The summed E-state index contributed by atoms with van der Waals surface area (Å²) in [7, 11) is -1.50. The van der Waals surface area contributed by atoms with Gasteiger partial charge in [0.25, 0.3) is 0 Å². The van der Waals surface area contributed by atoms with E-state index in [9.17, 15) is 13.5 Å². The second-order valence-electron chi connectivity index (χ2n) is 5.52. The van der Waals surface area contributed by atoms with Gasteiger partial charge in [0.15, 0.2) is 0 Å². The summed E-state index contributed by atoms with van der Waals surface area (Å²) >= 11 is 0. The van der Waals surface area contributed by atoms with Crippen LogP contribution in [0.5, 0.6) is 0 Å². The van der Waals surface area contributed by atoms with Crippen molar-refractivity contribution in [1.82, 2.24) is 9.62 Å². The number of aliphatic hydroxyl groups excluding tert-OH is 1.